The molecule has 0 unspecified atom stereocenters. The summed E-state index contributed by atoms with van der Waals surface area (Å²) in [6.45, 7) is 1.33. The lowest BCUT2D eigenvalue weighted by molar-refractivity contribution is -0.122. The first-order valence-electron chi connectivity index (χ1n) is 6.23. The highest BCUT2D eigenvalue weighted by molar-refractivity contribution is 6.32. The van der Waals surface area contributed by atoms with Gasteiger partial charge in [-0.3, -0.25) is 4.79 Å². The van der Waals surface area contributed by atoms with Crippen LogP contribution in [0.15, 0.2) is 18.2 Å². The van der Waals surface area contributed by atoms with Gasteiger partial charge in [-0.2, -0.15) is 5.26 Å². The van der Waals surface area contributed by atoms with E-state index in [4.69, 9.17) is 5.26 Å². The van der Waals surface area contributed by atoms with Crippen molar-refractivity contribution >= 4 is 24.9 Å². The van der Waals surface area contributed by atoms with Crippen LogP contribution in [-0.2, 0) is 10.2 Å². The van der Waals surface area contributed by atoms with E-state index in [0.29, 0.717) is 13.1 Å². The molecular formula is C13H14BN3O. The fourth-order valence-electron chi connectivity index (χ4n) is 3.01. The minimum atomic E-state index is -0.408. The number of benzene rings is 1. The molecule has 1 spiro atoms. The maximum atomic E-state index is 12.3. The molecule has 1 N–H and O–H groups in total. The molecule has 3 rings (SSSR count). The van der Waals surface area contributed by atoms with E-state index in [0.717, 1.165) is 24.1 Å². The highest BCUT2D eigenvalue weighted by atomic mass is 16.2. The summed E-state index contributed by atoms with van der Waals surface area (Å²) in [7, 11) is 2.04. The SMILES string of the molecule is Bc1ccc2c(c1)C1(CCN(C#N)CC1)C(=O)N2. The summed E-state index contributed by atoms with van der Waals surface area (Å²) in [6, 6.07) is 6.10. The maximum Gasteiger partial charge on any atom is 0.235 e. The number of fused-ring (bicyclic) bond motifs is 2. The first kappa shape index (κ1) is 11.2. The Morgan fingerprint density at radius 2 is 2.11 bits per heavy atom. The largest absolute Gasteiger partial charge is 0.325 e. The zero-order valence-corrected chi connectivity index (χ0v) is 10.4. The van der Waals surface area contributed by atoms with E-state index in [1.807, 2.05) is 20.0 Å². The number of hydrogen-bond donors (Lipinski definition) is 1. The van der Waals surface area contributed by atoms with Crippen molar-refractivity contribution in [2.75, 3.05) is 18.4 Å². The number of hydrogen-bond acceptors (Lipinski definition) is 3. The van der Waals surface area contributed by atoms with Crippen LogP contribution in [0.2, 0.25) is 0 Å². The number of nitriles is 1. The molecule has 0 aliphatic carbocycles. The predicted molar refractivity (Wildman–Crippen MR) is 71.3 cm³/mol. The number of rotatable bonds is 0. The van der Waals surface area contributed by atoms with Gasteiger partial charge in [0.15, 0.2) is 6.19 Å². The molecule has 18 heavy (non-hydrogen) atoms. The van der Waals surface area contributed by atoms with Crippen LogP contribution in [0.1, 0.15) is 18.4 Å². The molecule has 1 amide bonds. The van der Waals surface area contributed by atoms with Gasteiger partial charge in [-0.1, -0.05) is 17.6 Å². The third-order valence-corrected chi connectivity index (χ3v) is 4.13. The number of piperidine rings is 1. The van der Waals surface area contributed by atoms with Crippen LogP contribution in [0, 0.1) is 11.5 Å². The van der Waals surface area contributed by atoms with Gasteiger partial charge in [0, 0.05) is 18.8 Å². The average Bonchev–Trinajstić information content (AvgIpc) is 2.64. The number of nitrogens with zero attached hydrogens (tertiary/aromatic N) is 2. The lowest BCUT2D eigenvalue weighted by Gasteiger charge is -2.35. The molecular weight excluding hydrogens is 225 g/mol. The van der Waals surface area contributed by atoms with Crippen LogP contribution in [-0.4, -0.2) is 31.7 Å². The van der Waals surface area contributed by atoms with Gasteiger partial charge < -0.3 is 10.2 Å². The van der Waals surface area contributed by atoms with Crippen LogP contribution in [0.5, 0.6) is 0 Å². The van der Waals surface area contributed by atoms with Crippen molar-refractivity contribution < 1.29 is 4.79 Å². The lowest BCUT2D eigenvalue weighted by atomic mass is 9.72. The van der Waals surface area contributed by atoms with Crippen LogP contribution in [0.25, 0.3) is 0 Å². The van der Waals surface area contributed by atoms with Crippen molar-refractivity contribution in [1.29, 1.82) is 5.26 Å². The Bertz CT molecular complexity index is 556. The highest BCUT2D eigenvalue weighted by Gasteiger charge is 2.48. The summed E-state index contributed by atoms with van der Waals surface area (Å²) < 4.78 is 0. The zero-order chi connectivity index (χ0) is 12.8. The molecule has 90 valence electrons. The monoisotopic (exact) mass is 239 g/mol. The molecule has 4 nitrogen and oxygen atoms in total. The molecule has 1 aromatic rings. The second-order valence-corrected chi connectivity index (χ2v) is 5.17. The van der Waals surface area contributed by atoms with Gasteiger partial charge >= 0.3 is 0 Å². The highest BCUT2D eigenvalue weighted by Crippen LogP contribution is 2.44. The van der Waals surface area contributed by atoms with E-state index in [-0.39, 0.29) is 5.91 Å². The van der Waals surface area contributed by atoms with Crippen molar-refractivity contribution in [3.8, 4) is 6.19 Å². The Hall–Kier alpha value is -1.96. The van der Waals surface area contributed by atoms with Gasteiger partial charge in [0.2, 0.25) is 5.91 Å². The van der Waals surface area contributed by atoms with Crippen LogP contribution < -0.4 is 10.8 Å². The number of nitrogens with one attached hydrogen (secondary N) is 1. The van der Waals surface area contributed by atoms with Gasteiger partial charge in [-0.05, 0) is 24.5 Å². The van der Waals surface area contributed by atoms with E-state index >= 15 is 0 Å². The minimum Gasteiger partial charge on any atom is -0.325 e. The Morgan fingerprint density at radius 3 is 2.78 bits per heavy atom. The van der Waals surface area contributed by atoms with Crippen molar-refractivity contribution in [2.45, 2.75) is 18.3 Å². The Morgan fingerprint density at radius 1 is 1.39 bits per heavy atom. The zero-order valence-electron chi connectivity index (χ0n) is 10.4. The lowest BCUT2D eigenvalue weighted by Crippen LogP contribution is -2.45. The second-order valence-electron chi connectivity index (χ2n) is 5.17. The number of amides is 1. The van der Waals surface area contributed by atoms with Crippen molar-refractivity contribution in [3.63, 3.8) is 0 Å². The summed E-state index contributed by atoms with van der Waals surface area (Å²) in [5, 5.41) is 11.9. The second kappa shape index (κ2) is 3.77. The van der Waals surface area contributed by atoms with Gasteiger partial charge in [0.25, 0.3) is 0 Å². The maximum absolute atomic E-state index is 12.3. The van der Waals surface area contributed by atoms with Gasteiger partial charge in [0.1, 0.15) is 7.85 Å². The Labute approximate surface area is 107 Å². The van der Waals surface area contributed by atoms with Gasteiger partial charge in [-0.15, -0.1) is 0 Å². The Balaban J connectivity index is 2.01. The van der Waals surface area contributed by atoms with Crippen LogP contribution in [0.3, 0.4) is 0 Å². The standard InChI is InChI=1S/C13H14BN3O/c14-9-1-2-11-10(7-9)13(12(18)16-11)3-5-17(8-15)6-4-13/h1-2,7H,3-6,14H2,(H,16,18). The first-order chi connectivity index (χ1) is 8.65. The minimum absolute atomic E-state index is 0.0979. The summed E-state index contributed by atoms with van der Waals surface area (Å²) >= 11 is 0. The fourth-order valence-corrected chi connectivity index (χ4v) is 3.01. The van der Waals surface area contributed by atoms with Crippen LogP contribution in [0.4, 0.5) is 5.69 Å². The van der Waals surface area contributed by atoms with Crippen molar-refractivity contribution in [2.24, 2.45) is 0 Å². The van der Waals surface area contributed by atoms with Gasteiger partial charge in [-0.25, -0.2) is 0 Å². The van der Waals surface area contributed by atoms with E-state index in [9.17, 15) is 4.79 Å². The van der Waals surface area contributed by atoms with Gasteiger partial charge in [0.05, 0.1) is 5.41 Å². The number of likely N-dealkylation sites (tertiary alicyclic amines) is 1. The molecule has 1 fully saturated rings. The molecule has 1 saturated heterocycles. The molecule has 2 aliphatic rings. The van der Waals surface area contributed by atoms with E-state index in [2.05, 4.69) is 17.6 Å². The van der Waals surface area contributed by atoms with E-state index < -0.39 is 5.41 Å². The molecule has 0 saturated carbocycles. The molecule has 1 aromatic carbocycles. The summed E-state index contributed by atoms with van der Waals surface area (Å²) in [6.07, 6.45) is 3.61. The first-order valence-corrected chi connectivity index (χ1v) is 6.23. The predicted octanol–water partition coefficient (Wildman–Crippen LogP) is -0.288. The molecule has 0 atom stereocenters. The number of carbonyl (C=O) groups is 1. The third kappa shape index (κ3) is 1.42. The molecule has 5 heteroatoms. The summed E-state index contributed by atoms with van der Waals surface area (Å²) in [5.41, 5.74) is 2.82. The quantitative estimate of drug-likeness (QED) is 0.500. The number of anilines is 1. The van der Waals surface area contributed by atoms with E-state index in [1.165, 1.54) is 5.46 Å². The van der Waals surface area contributed by atoms with Crippen LogP contribution >= 0.6 is 0 Å². The molecule has 0 radical (unpaired) electrons. The molecule has 0 bridgehead atoms. The fraction of sp³-hybridized carbons (Fsp3) is 0.385. The van der Waals surface area contributed by atoms with E-state index in [1.54, 1.807) is 4.90 Å². The average molecular weight is 239 g/mol. The summed E-state index contributed by atoms with van der Waals surface area (Å²) in [4.78, 5) is 14.0. The number of carbonyl (C=O) groups excluding carboxylic acids is 1. The van der Waals surface area contributed by atoms with Crippen molar-refractivity contribution in [1.82, 2.24) is 4.90 Å². The smallest absolute Gasteiger partial charge is 0.235 e. The van der Waals surface area contributed by atoms with Crippen molar-refractivity contribution in [3.05, 3.63) is 23.8 Å². The molecule has 0 aromatic heterocycles. The molecule has 2 aliphatic heterocycles. The Kier molecular flexibility index (Phi) is 2.34. The topological polar surface area (TPSA) is 56.1 Å². The molecule has 2 heterocycles. The summed E-state index contributed by atoms with van der Waals surface area (Å²) in [5.74, 6) is 0.0979. The third-order valence-electron chi connectivity index (χ3n) is 4.13. The normalized spacial score (nSPS) is 20.4.